The van der Waals surface area contributed by atoms with Gasteiger partial charge in [-0.3, -0.25) is 9.59 Å². The molecular formula is C19H24N2O4. The summed E-state index contributed by atoms with van der Waals surface area (Å²) in [4.78, 5) is 24.7. The van der Waals surface area contributed by atoms with Crippen LogP contribution >= 0.6 is 0 Å². The molecule has 6 nitrogen and oxygen atoms in total. The van der Waals surface area contributed by atoms with Crippen molar-refractivity contribution in [2.24, 2.45) is 5.41 Å². The number of carbonyl (C=O) groups excluding carboxylic acids is 2. The highest BCUT2D eigenvalue weighted by Gasteiger charge is 2.28. The second kappa shape index (κ2) is 7.11. The third kappa shape index (κ3) is 4.70. The van der Waals surface area contributed by atoms with Gasteiger partial charge in [0.1, 0.15) is 11.4 Å². The van der Waals surface area contributed by atoms with E-state index < -0.39 is 16.9 Å². The average molecular weight is 344 g/mol. The minimum Gasteiger partial charge on any atom is -0.466 e. The Morgan fingerprint density at radius 1 is 1.08 bits per heavy atom. The first kappa shape index (κ1) is 18.7. The molecule has 0 saturated heterocycles. The zero-order chi connectivity index (χ0) is 18.7. The van der Waals surface area contributed by atoms with Crippen LogP contribution in [0.5, 0.6) is 0 Å². The summed E-state index contributed by atoms with van der Waals surface area (Å²) in [6.07, 6.45) is 1.46. The van der Waals surface area contributed by atoms with Crippen LogP contribution in [0.3, 0.4) is 0 Å². The third-order valence-corrected chi connectivity index (χ3v) is 3.75. The number of carbonyl (C=O) groups is 2. The van der Waals surface area contributed by atoms with Crippen LogP contribution in [0.15, 0.2) is 47.1 Å². The Bertz CT molecular complexity index is 743. The van der Waals surface area contributed by atoms with Crippen molar-refractivity contribution in [3.63, 3.8) is 0 Å². The maximum absolute atomic E-state index is 12.5. The summed E-state index contributed by atoms with van der Waals surface area (Å²) in [5, 5.41) is 15.9. The largest absolute Gasteiger partial charge is 0.466 e. The average Bonchev–Trinajstić information content (AvgIpc) is 3.07. The highest BCUT2D eigenvalue weighted by Crippen LogP contribution is 2.22. The molecule has 0 aliphatic heterocycles. The molecule has 0 radical (unpaired) electrons. The van der Waals surface area contributed by atoms with Crippen molar-refractivity contribution in [2.75, 3.05) is 11.9 Å². The lowest BCUT2D eigenvalue weighted by atomic mass is 9.95. The summed E-state index contributed by atoms with van der Waals surface area (Å²) < 4.78 is 5.19. The topological polar surface area (TPSA) is 91.6 Å². The van der Waals surface area contributed by atoms with Gasteiger partial charge in [-0.25, -0.2) is 0 Å². The van der Waals surface area contributed by atoms with Crippen molar-refractivity contribution in [1.82, 2.24) is 5.32 Å². The number of hydrogen-bond donors (Lipinski definition) is 3. The van der Waals surface area contributed by atoms with E-state index in [-0.39, 0.29) is 12.5 Å². The van der Waals surface area contributed by atoms with Crippen LogP contribution in [0.25, 0.3) is 0 Å². The second-order valence-electron chi connectivity index (χ2n) is 7.18. The van der Waals surface area contributed by atoms with Gasteiger partial charge in [-0.15, -0.1) is 0 Å². The molecule has 0 aliphatic carbocycles. The fraction of sp³-hybridized carbons (Fsp3) is 0.368. The molecule has 1 atom stereocenters. The molecule has 134 valence electrons. The zero-order valence-electron chi connectivity index (χ0n) is 14.9. The molecule has 0 spiro atoms. The van der Waals surface area contributed by atoms with E-state index in [0.29, 0.717) is 17.0 Å². The summed E-state index contributed by atoms with van der Waals surface area (Å²) in [6.45, 7) is 6.92. The Morgan fingerprint density at radius 2 is 1.76 bits per heavy atom. The molecule has 0 bridgehead atoms. The minimum atomic E-state index is -1.33. The molecule has 0 saturated carbocycles. The van der Waals surface area contributed by atoms with Gasteiger partial charge in [-0.1, -0.05) is 32.9 Å². The van der Waals surface area contributed by atoms with E-state index in [4.69, 9.17) is 4.42 Å². The molecule has 6 heteroatoms. The van der Waals surface area contributed by atoms with Gasteiger partial charge >= 0.3 is 0 Å². The lowest BCUT2D eigenvalue weighted by molar-refractivity contribution is -0.123. The first-order chi connectivity index (χ1) is 11.6. The fourth-order valence-electron chi connectivity index (χ4n) is 2.12. The molecule has 2 rings (SSSR count). The van der Waals surface area contributed by atoms with Gasteiger partial charge in [0.25, 0.3) is 5.91 Å². The van der Waals surface area contributed by atoms with Gasteiger partial charge in [0, 0.05) is 5.41 Å². The normalized spacial score (nSPS) is 13.8. The molecular weight excluding hydrogens is 320 g/mol. The minimum absolute atomic E-state index is 0.0269. The van der Waals surface area contributed by atoms with Gasteiger partial charge in [-0.05, 0) is 31.2 Å². The number of para-hydroxylation sites is 1. The monoisotopic (exact) mass is 344 g/mol. The summed E-state index contributed by atoms with van der Waals surface area (Å²) in [5.74, 6) is -0.214. The smallest absolute Gasteiger partial charge is 0.253 e. The van der Waals surface area contributed by atoms with Gasteiger partial charge in [-0.2, -0.15) is 0 Å². The molecule has 1 aromatic heterocycles. The van der Waals surface area contributed by atoms with Crippen LogP contribution in [0.4, 0.5) is 5.69 Å². The fourth-order valence-corrected chi connectivity index (χ4v) is 2.12. The Kier molecular flexibility index (Phi) is 5.33. The summed E-state index contributed by atoms with van der Waals surface area (Å²) in [6, 6.07) is 10.1. The van der Waals surface area contributed by atoms with E-state index >= 15 is 0 Å². The summed E-state index contributed by atoms with van der Waals surface area (Å²) >= 11 is 0. The highest BCUT2D eigenvalue weighted by molar-refractivity contribution is 6.04. The molecule has 1 heterocycles. The number of hydrogen-bond acceptors (Lipinski definition) is 4. The number of anilines is 1. The van der Waals surface area contributed by atoms with Gasteiger partial charge in [0.05, 0.1) is 24.1 Å². The molecule has 25 heavy (non-hydrogen) atoms. The van der Waals surface area contributed by atoms with Crippen molar-refractivity contribution in [1.29, 1.82) is 0 Å². The lowest BCUT2D eigenvalue weighted by Crippen LogP contribution is -2.38. The van der Waals surface area contributed by atoms with Crippen LogP contribution in [-0.4, -0.2) is 23.5 Å². The van der Waals surface area contributed by atoms with Crippen LogP contribution < -0.4 is 10.6 Å². The maximum Gasteiger partial charge on any atom is 0.253 e. The first-order valence-electron chi connectivity index (χ1n) is 8.06. The number of nitrogens with one attached hydrogen (secondary N) is 2. The summed E-state index contributed by atoms with van der Waals surface area (Å²) in [7, 11) is 0. The Hall–Kier alpha value is -2.60. The van der Waals surface area contributed by atoms with Crippen LogP contribution in [0, 0.1) is 5.41 Å². The van der Waals surface area contributed by atoms with E-state index in [1.807, 2.05) is 0 Å². The third-order valence-electron chi connectivity index (χ3n) is 3.75. The Labute approximate surface area is 147 Å². The molecule has 0 aliphatic rings. The van der Waals surface area contributed by atoms with Crippen molar-refractivity contribution >= 4 is 17.5 Å². The molecule has 0 unspecified atom stereocenters. The number of benzene rings is 1. The number of furan rings is 1. The molecule has 3 N–H and O–H groups in total. The first-order valence-corrected chi connectivity index (χ1v) is 8.06. The van der Waals surface area contributed by atoms with Crippen molar-refractivity contribution in [2.45, 2.75) is 33.3 Å². The SMILES string of the molecule is CC(C)(C)C(=O)Nc1ccccc1C(=O)NC[C@@](C)(O)c1ccco1. The van der Waals surface area contributed by atoms with Crippen molar-refractivity contribution in [3.05, 3.63) is 54.0 Å². The number of amides is 2. The van der Waals surface area contributed by atoms with Crippen LogP contribution in [0.1, 0.15) is 43.8 Å². The zero-order valence-corrected chi connectivity index (χ0v) is 14.9. The van der Waals surface area contributed by atoms with E-state index in [0.717, 1.165) is 0 Å². The molecule has 0 fully saturated rings. The Morgan fingerprint density at radius 3 is 2.36 bits per heavy atom. The van der Waals surface area contributed by atoms with Crippen molar-refractivity contribution in [3.8, 4) is 0 Å². The van der Waals surface area contributed by atoms with E-state index in [1.54, 1.807) is 64.1 Å². The van der Waals surface area contributed by atoms with Crippen LogP contribution in [-0.2, 0) is 10.4 Å². The number of rotatable bonds is 5. The summed E-state index contributed by atoms with van der Waals surface area (Å²) in [5.41, 5.74) is -1.15. The lowest BCUT2D eigenvalue weighted by Gasteiger charge is -2.22. The van der Waals surface area contributed by atoms with E-state index in [2.05, 4.69) is 10.6 Å². The van der Waals surface area contributed by atoms with E-state index in [9.17, 15) is 14.7 Å². The second-order valence-corrected chi connectivity index (χ2v) is 7.18. The van der Waals surface area contributed by atoms with Gasteiger partial charge < -0.3 is 20.2 Å². The Balaban J connectivity index is 2.11. The molecule has 2 aromatic rings. The maximum atomic E-state index is 12.5. The standard InChI is InChI=1S/C19H24N2O4/c1-18(2,3)17(23)21-14-9-6-5-8-13(14)16(22)20-12-19(4,24)15-10-7-11-25-15/h5-11,24H,12H2,1-4H3,(H,20,22)(H,21,23)/t19-/m1/s1. The predicted molar refractivity (Wildman–Crippen MR) is 95.1 cm³/mol. The molecule has 1 aromatic carbocycles. The number of aliphatic hydroxyl groups is 1. The van der Waals surface area contributed by atoms with Crippen molar-refractivity contribution < 1.29 is 19.1 Å². The predicted octanol–water partition coefficient (Wildman–Crippen LogP) is 2.90. The van der Waals surface area contributed by atoms with Gasteiger partial charge in [0.2, 0.25) is 5.91 Å². The quantitative estimate of drug-likeness (QED) is 0.778. The van der Waals surface area contributed by atoms with Crippen LogP contribution in [0.2, 0.25) is 0 Å². The van der Waals surface area contributed by atoms with Gasteiger partial charge in [0.15, 0.2) is 0 Å². The highest BCUT2D eigenvalue weighted by atomic mass is 16.4. The van der Waals surface area contributed by atoms with E-state index in [1.165, 1.54) is 6.26 Å². The molecule has 2 amide bonds.